The van der Waals surface area contributed by atoms with Crippen molar-refractivity contribution in [3.63, 3.8) is 0 Å². The van der Waals surface area contributed by atoms with Crippen molar-refractivity contribution in [2.45, 2.75) is 17.6 Å². The maximum absolute atomic E-state index is 14.5. The van der Waals surface area contributed by atoms with Gasteiger partial charge in [-0.2, -0.15) is 8.78 Å². The maximum atomic E-state index is 14.5. The summed E-state index contributed by atoms with van der Waals surface area (Å²) in [5.41, 5.74) is 6.23. The summed E-state index contributed by atoms with van der Waals surface area (Å²) in [4.78, 5) is 11.7. The largest absolute Gasteiger partial charge is 0.341 e. The summed E-state index contributed by atoms with van der Waals surface area (Å²) in [6.07, 6.45) is 0. The molecule has 0 aromatic heterocycles. The number of anilines is 1. The molecule has 0 atom stereocenters. The molecule has 3 aromatic carbocycles. The molecular weight excluding hydrogens is 436 g/mol. The number of aryl methyl sites for hydroxylation is 1. The molecule has 1 amide bonds. The summed E-state index contributed by atoms with van der Waals surface area (Å²) in [5.74, 6) is -5.35. The van der Waals surface area contributed by atoms with Crippen LogP contribution >= 0.6 is 0 Å². The Hall–Kier alpha value is -3.40. The average molecular weight is 452 g/mol. The Morgan fingerprint density at radius 3 is 2.13 bits per heavy atom. The van der Waals surface area contributed by atoms with Gasteiger partial charge in [0.05, 0.1) is 10.6 Å². The highest BCUT2D eigenvalue weighted by Gasteiger charge is 2.26. The Morgan fingerprint density at radius 2 is 1.55 bits per heavy atom. The molecule has 0 fully saturated rings. The van der Waals surface area contributed by atoms with Crippen LogP contribution in [-0.2, 0) is 9.84 Å². The van der Waals surface area contributed by atoms with Crippen LogP contribution < -0.4 is 10.9 Å². The van der Waals surface area contributed by atoms with Crippen molar-refractivity contribution < 1.29 is 30.8 Å². The van der Waals surface area contributed by atoms with Gasteiger partial charge in [-0.1, -0.05) is 12.1 Å². The molecule has 0 aliphatic rings. The fourth-order valence-corrected chi connectivity index (χ4v) is 3.56. The van der Waals surface area contributed by atoms with Gasteiger partial charge in [0, 0.05) is 11.1 Å². The minimum absolute atomic E-state index is 0.00888. The third-order valence-corrected chi connectivity index (χ3v) is 5.85. The van der Waals surface area contributed by atoms with Gasteiger partial charge in [-0.25, -0.2) is 17.2 Å². The van der Waals surface area contributed by atoms with Crippen LogP contribution in [0.1, 0.15) is 15.9 Å². The molecule has 0 aliphatic carbocycles. The van der Waals surface area contributed by atoms with Gasteiger partial charge < -0.3 is 0 Å². The molecule has 0 spiro atoms. The zero-order chi connectivity index (χ0) is 22.8. The van der Waals surface area contributed by atoms with E-state index in [4.69, 9.17) is 0 Å². The van der Waals surface area contributed by atoms with Crippen LogP contribution in [0.3, 0.4) is 0 Å². The van der Waals surface area contributed by atoms with E-state index in [0.29, 0.717) is 11.1 Å². The smallest absolute Gasteiger partial charge is 0.298 e. The molecule has 0 saturated carbocycles. The topological polar surface area (TPSA) is 75.3 Å². The lowest BCUT2D eigenvalue weighted by Crippen LogP contribution is -2.29. The lowest BCUT2D eigenvalue weighted by Gasteiger charge is -2.11. The van der Waals surface area contributed by atoms with E-state index in [1.54, 1.807) is 6.92 Å². The Bertz CT molecular complexity index is 1230. The van der Waals surface area contributed by atoms with Crippen LogP contribution in [0.25, 0.3) is 11.1 Å². The number of alkyl halides is 2. The molecule has 5 nitrogen and oxygen atoms in total. The predicted octanol–water partition coefficient (Wildman–Crippen LogP) is 4.69. The molecule has 0 bridgehead atoms. The molecule has 0 unspecified atom stereocenters. The Kier molecular flexibility index (Phi) is 6.30. The van der Waals surface area contributed by atoms with Crippen LogP contribution in [0.15, 0.2) is 65.6 Å². The minimum Gasteiger partial charge on any atom is -0.298 e. The van der Waals surface area contributed by atoms with Gasteiger partial charge in [0.1, 0.15) is 11.6 Å². The summed E-state index contributed by atoms with van der Waals surface area (Å²) in [5, 5.41) is 0. The summed E-state index contributed by atoms with van der Waals surface area (Å²) in [6.45, 7) is 1.64. The number of rotatable bonds is 6. The SMILES string of the molecule is Cc1cc(F)ccc1-c1ccc(C(=O)NNc2ccc(S(=O)(=O)C(F)F)cc2)cc1F. The quantitative estimate of drug-likeness (QED) is 0.420. The second kappa shape index (κ2) is 8.76. The molecule has 0 heterocycles. The van der Waals surface area contributed by atoms with Gasteiger partial charge in [0.25, 0.3) is 5.91 Å². The zero-order valence-corrected chi connectivity index (χ0v) is 16.8. The van der Waals surface area contributed by atoms with Crippen molar-refractivity contribution in [1.29, 1.82) is 0 Å². The van der Waals surface area contributed by atoms with Crippen LogP contribution in [0.4, 0.5) is 23.2 Å². The van der Waals surface area contributed by atoms with Gasteiger partial charge in [0.15, 0.2) is 0 Å². The fourth-order valence-electron chi connectivity index (χ4n) is 2.84. The van der Waals surface area contributed by atoms with Gasteiger partial charge in [-0.3, -0.25) is 15.6 Å². The van der Waals surface area contributed by atoms with Crippen molar-refractivity contribution in [2.24, 2.45) is 0 Å². The van der Waals surface area contributed by atoms with Gasteiger partial charge in [-0.15, -0.1) is 0 Å². The maximum Gasteiger partial charge on any atom is 0.341 e. The first kappa shape index (κ1) is 22.3. The zero-order valence-electron chi connectivity index (χ0n) is 16.0. The van der Waals surface area contributed by atoms with Crippen molar-refractivity contribution in [3.8, 4) is 11.1 Å². The van der Waals surface area contributed by atoms with E-state index in [1.807, 2.05) is 0 Å². The summed E-state index contributed by atoms with van der Waals surface area (Å²) < 4.78 is 75.7. The van der Waals surface area contributed by atoms with Gasteiger partial charge in [-0.05, 0) is 66.6 Å². The van der Waals surface area contributed by atoms with E-state index in [9.17, 15) is 30.8 Å². The van der Waals surface area contributed by atoms with Crippen LogP contribution in [0.5, 0.6) is 0 Å². The predicted molar refractivity (Wildman–Crippen MR) is 107 cm³/mol. The van der Waals surface area contributed by atoms with Gasteiger partial charge in [0.2, 0.25) is 9.84 Å². The molecule has 31 heavy (non-hydrogen) atoms. The Morgan fingerprint density at radius 1 is 0.903 bits per heavy atom. The normalized spacial score (nSPS) is 11.4. The number of nitrogens with one attached hydrogen (secondary N) is 2. The minimum atomic E-state index is -4.72. The van der Waals surface area contributed by atoms with Crippen LogP contribution in [-0.4, -0.2) is 20.1 Å². The third kappa shape index (κ3) is 4.85. The van der Waals surface area contributed by atoms with Crippen LogP contribution in [0.2, 0.25) is 0 Å². The van der Waals surface area contributed by atoms with Crippen molar-refractivity contribution in [2.75, 3.05) is 5.43 Å². The number of carbonyl (C=O) groups excluding carboxylic acids is 1. The van der Waals surface area contributed by atoms with E-state index in [0.717, 1.165) is 18.2 Å². The first-order valence-electron chi connectivity index (χ1n) is 8.84. The first-order chi connectivity index (χ1) is 14.6. The second-order valence-corrected chi connectivity index (χ2v) is 8.48. The highest BCUT2D eigenvalue weighted by atomic mass is 32.2. The molecule has 10 heteroatoms. The highest BCUT2D eigenvalue weighted by Crippen LogP contribution is 2.27. The van der Waals surface area contributed by atoms with E-state index in [1.165, 1.54) is 42.5 Å². The van der Waals surface area contributed by atoms with Crippen molar-refractivity contribution >= 4 is 21.4 Å². The molecule has 0 saturated heterocycles. The fraction of sp³-hybridized carbons (Fsp3) is 0.0952. The number of benzene rings is 3. The van der Waals surface area contributed by atoms with E-state index in [2.05, 4.69) is 10.9 Å². The molecular formula is C21H16F4N2O3S. The molecule has 162 valence electrons. The van der Waals surface area contributed by atoms with E-state index in [-0.39, 0.29) is 16.8 Å². The number of carbonyl (C=O) groups is 1. The lowest BCUT2D eigenvalue weighted by molar-refractivity contribution is 0.0962. The number of hydrogen-bond donors (Lipinski definition) is 2. The molecule has 0 aliphatic heterocycles. The van der Waals surface area contributed by atoms with Crippen molar-refractivity contribution in [3.05, 3.63) is 83.4 Å². The number of hydrazine groups is 1. The van der Waals surface area contributed by atoms with Crippen molar-refractivity contribution in [1.82, 2.24) is 5.43 Å². The summed E-state index contributed by atoms with van der Waals surface area (Å²) >= 11 is 0. The number of hydrogen-bond acceptors (Lipinski definition) is 4. The Balaban J connectivity index is 1.71. The first-order valence-corrected chi connectivity index (χ1v) is 10.4. The number of sulfone groups is 1. The third-order valence-electron chi connectivity index (χ3n) is 4.45. The van der Waals surface area contributed by atoms with Crippen LogP contribution in [0, 0.1) is 18.6 Å². The average Bonchev–Trinajstić information content (AvgIpc) is 2.72. The monoisotopic (exact) mass is 452 g/mol. The summed E-state index contributed by atoms with van der Waals surface area (Å²) in [6, 6.07) is 12.1. The molecule has 3 aromatic rings. The van der Waals surface area contributed by atoms with Gasteiger partial charge >= 0.3 is 5.76 Å². The highest BCUT2D eigenvalue weighted by molar-refractivity contribution is 7.91. The summed E-state index contributed by atoms with van der Waals surface area (Å²) in [7, 11) is -4.72. The Labute approximate surface area is 175 Å². The van der Waals surface area contributed by atoms with E-state index >= 15 is 0 Å². The lowest BCUT2D eigenvalue weighted by atomic mass is 9.98. The van der Waals surface area contributed by atoms with E-state index < -0.39 is 38.0 Å². The molecule has 0 radical (unpaired) electrons. The molecule has 3 rings (SSSR count). The standard InChI is InChI=1S/C21H16F4N2O3S/c1-12-10-14(22)3-9-17(12)18-8-2-13(11-19(18)23)20(28)27-26-15-4-6-16(7-5-15)31(29,30)21(24)25/h2-11,21,26H,1H3,(H,27,28). The number of amides is 1. The number of halogens is 4. The second-order valence-electron chi connectivity index (χ2n) is 6.56. The molecule has 2 N–H and O–H groups in total.